The van der Waals surface area contributed by atoms with Gasteiger partial charge in [-0.2, -0.15) is 0 Å². The number of piperidine rings is 1. The summed E-state index contributed by atoms with van der Waals surface area (Å²) in [6.07, 6.45) is 6.74. The third kappa shape index (κ3) is 3.95. The molecule has 1 fully saturated rings. The van der Waals surface area contributed by atoms with E-state index in [1.54, 1.807) is 11.3 Å². The van der Waals surface area contributed by atoms with Gasteiger partial charge < -0.3 is 9.47 Å². The number of nitrogens with zero attached hydrogens (tertiary/aromatic N) is 4. The van der Waals surface area contributed by atoms with E-state index in [1.165, 1.54) is 5.56 Å². The topological polar surface area (TPSA) is 51.0 Å². The van der Waals surface area contributed by atoms with Crippen molar-refractivity contribution < 1.29 is 4.79 Å². The van der Waals surface area contributed by atoms with Crippen LogP contribution in [0.15, 0.2) is 48.1 Å². The Balaban J connectivity index is 1.45. The quantitative estimate of drug-likeness (QED) is 0.673. The zero-order valence-corrected chi connectivity index (χ0v) is 16.4. The van der Waals surface area contributed by atoms with Gasteiger partial charge in [-0.1, -0.05) is 30.3 Å². The summed E-state index contributed by atoms with van der Waals surface area (Å²) in [6, 6.07) is 10.3. The normalized spacial score (nSPS) is 17.2. The first-order chi connectivity index (χ1) is 13.2. The number of rotatable bonds is 5. The van der Waals surface area contributed by atoms with E-state index in [0.717, 1.165) is 49.7 Å². The fourth-order valence-electron chi connectivity index (χ4n) is 3.74. The van der Waals surface area contributed by atoms with Crippen LogP contribution in [0.2, 0.25) is 0 Å². The van der Waals surface area contributed by atoms with Crippen molar-refractivity contribution in [2.24, 2.45) is 0 Å². The monoisotopic (exact) mass is 380 g/mol. The molecule has 1 unspecified atom stereocenters. The molecule has 3 aromatic rings. The van der Waals surface area contributed by atoms with Gasteiger partial charge in [0.05, 0.1) is 5.01 Å². The Morgan fingerprint density at radius 3 is 2.96 bits per heavy atom. The molecule has 2 aromatic heterocycles. The molecule has 1 saturated heterocycles. The highest BCUT2D eigenvalue weighted by atomic mass is 32.1. The van der Waals surface area contributed by atoms with Crippen molar-refractivity contribution in [1.82, 2.24) is 19.4 Å². The molecular formula is C21H24N4OS. The summed E-state index contributed by atoms with van der Waals surface area (Å²) >= 11 is 1.57. The highest BCUT2D eigenvalue weighted by Crippen LogP contribution is 2.27. The van der Waals surface area contributed by atoms with Crippen LogP contribution in [-0.2, 0) is 13.0 Å². The Bertz CT molecular complexity index is 902. The lowest BCUT2D eigenvalue weighted by Gasteiger charge is -2.32. The summed E-state index contributed by atoms with van der Waals surface area (Å²) in [5, 5.41) is 2.89. The molecular weight excluding hydrogens is 356 g/mol. The van der Waals surface area contributed by atoms with Crippen molar-refractivity contribution >= 4 is 17.2 Å². The average Bonchev–Trinajstić information content (AvgIpc) is 3.37. The Morgan fingerprint density at radius 2 is 2.15 bits per heavy atom. The smallest absolute Gasteiger partial charge is 0.273 e. The Hall–Kier alpha value is -2.47. The molecule has 1 atom stereocenters. The van der Waals surface area contributed by atoms with Gasteiger partial charge >= 0.3 is 0 Å². The number of carbonyl (C=O) groups excluding carboxylic acids is 1. The number of hydrogen-bond donors (Lipinski definition) is 0. The van der Waals surface area contributed by atoms with Gasteiger partial charge in [-0.05, 0) is 25.3 Å². The van der Waals surface area contributed by atoms with Crippen molar-refractivity contribution in [3.8, 4) is 0 Å². The van der Waals surface area contributed by atoms with E-state index in [9.17, 15) is 4.79 Å². The van der Waals surface area contributed by atoms with Gasteiger partial charge in [0, 0.05) is 49.7 Å². The van der Waals surface area contributed by atoms with E-state index in [-0.39, 0.29) is 5.91 Å². The summed E-state index contributed by atoms with van der Waals surface area (Å²) < 4.78 is 2.18. The van der Waals surface area contributed by atoms with Crippen molar-refractivity contribution in [2.45, 2.75) is 38.6 Å². The predicted octanol–water partition coefficient (Wildman–Crippen LogP) is 3.97. The first kappa shape index (κ1) is 17.9. The van der Waals surface area contributed by atoms with Crippen LogP contribution in [0.4, 0.5) is 0 Å². The second-order valence-corrected chi connectivity index (χ2v) is 7.89. The van der Waals surface area contributed by atoms with Crippen LogP contribution in [0.1, 0.15) is 52.6 Å². The molecule has 0 bridgehead atoms. The van der Waals surface area contributed by atoms with Gasteiger partial charge in [0.1, 0.15) is 11.5 Å². The molecule has 0 saturated carbocycles. The molecule has 0 aliphatic carbocycles. The highest BCUT2D eigenvalue weighted by molar-refractivity contribution is 7.09. The number of likely N-dealkylation sites (tertiary alicyclic amines) is 1. The minimum absolute atomic E-state index is 0.0462. The van der Waals surface area contributed by atoms with Crippen LogP contribution in [0.3, 0.4) is 0 Å². The molecule has 0 spiro atoms. The van der Waals surface area contributed by atoms with E-state index >= 15 is 0 Å². The molecule has 1 aliphatic heterocycles. The van der Waals surface area contributed by atoms with Crippen molar-refractivity contribution in [3.05, 3.63) is 70.2 Å². The van der Waals surface area contributed by atoms with Gasteiger partial charge in [0.15, 0.2) is 0 Å². The maximum absolute atomic E-state index is 13.0. The van der Waals surface area contributed by atoms with Gasteiger partial charge in [-0.3, -0.25) is 4.79 Å². The lowest BCUT2D eigenvalue weighted by atomic mass is 9.97. The zero-order valence-electron chi connectivity index (χ0n) is 15.5. The fourth-order valence-corrected chi connectivity index (χ4v) is 4.55. The molecule has 0 radical (unpaired) electrons. The molecule has 140 valence electrons. The maximum atomic E-state index is 13.0. The summed E-state index contributed by atoms with van der Waals surface area (Å²) in [5.41, 5.74) is 1.79. The van der Waals surface area contributed by atoms with E-state index in [2.05, 4.69) is 33.6 Å². The molecule has 6 heteroatoms. The molecule has 3 heterocycles. The minimum atomic E-state index is 0.0462. The Morgan fingerprint density at radius 1 is 1.30 bits per heavy atom. The van der Waals surface area contributed by atoms with E-state index in [4.69, 9.17) is 0 Å². The second kappa shape index (κ2) is 8.05. The zero-order chi connectivity index (χ0) is 18.6. The number of imidazole rings is 1. The van der Waals surface area contributed by atoms with Crippen molar-refractivity contribution in [3.63, 3.8) is 0 Å². The molecule has 4 rings (SSSR count). The lowest BCUT2D eigenvalue weighted by molar-refractivity contribution is 0.0698. The predicted molar refractivity (Wildman–Crippen MR) is 107 cm³/mol. The largest absolute Gasteiger partial charge is 0.337 e. The van der Waals surface area contributed by atoms with Crippen LogP contribution in [0.5, 0.6) is 0 Å². The maximum Gasteiger partial charge on any atom is 0.273 e. The molecule has 1 aliphatic rings. The SMILES string of the molecule is CCn1ccnc1C1CCCN(C(=O)c2csc(Cc3ccccc3)n2)C1. The van der Waals surface area contributed by atoms with Crippen LogP contribution < -0.4 is 0 Å². The minimum Gasteiger partial charge on any atom is -0.337 e. The first-order valence-corrected chi connectivity index (χ1v) is 10.4. The number of hydrogen-bond acceptors (Lipinski definition) is 4. The third-order valence-electron chi connectivity index (χ3n) is 5.13. The number of carbonyl (C=O) groups is 1. The number of benzene rings is 1. The number of amides is 1. The van der Waals surface area contributed by atoms with Gasteiger partial charge in [0.25, 0.3) is 5.91 Å². The summed E-state index contributed by atoms with van der Waals surface area (Å²) in [4.78, 5) is 24.1. The average molecular weight is 381 g/mol. The number of aromatic nitrogens is 3. The van der Waals surface area contributed by atoms with Gasteiger partial charge in [-0.15, -0.1) is 11.3 Å². The first-order valence-electron chi connectivity index (χ1n) is 9.53. The molecule has 5 nitrogen and oxygen atoms in total. The Kier molecular flexibility index (Phi) is 5.34. The van der Waals surface area contributed by atoms with Crippen LogP contribution in [0.25, 0.3) is 0 Å². The summed E-state index contributed by atoms with van der Waals surface area (Å²) in [5.74, 6) is 1.45. The van der Waals surface area contributed by atoms with Crippen LogP contribution in [-0.4, -0.2) is 38.4 Å². The van der Waals surface area contributed by atoms with Gasteiger partial charge in [0.2, 0.25) is 0 Å². The lowest BCUT2D eigenvalue weighted by Crippen LogP contribution is -2.40. The van der Waals surface area contributed by atoms with Crippen molar-refractivity contribution in [1.29, 1.82) is 0 Å². The van der Waals surface area contributed by atoms with E-state index < -0.39 is 0 Å². The van der Waals surface area contributed by atoms with E-state index in [1.807, 2.05) is 40.9 Å². The molecule has 1 amide bonds. The van der Waals surface area contributed by atoms with Crippen LogP contribution in [0, 0.1) is 0 Å². The van der Waals surface area contributed by atoms with Crippen molar-refractivity contribution in [2.75, 3.05) is 13.1 Å². The molecule has 1 aromatic carbocycles. The second-order valence-electron chi connectivity index (χ2n) is 6.95. The summed E-state index contributed by atoms with van der Waals surface area (Å²) in [6.45, 7) is 4.56. The highest BCUT2D eigenvalue weighted by Gasteiger charge is 2.28. The van der Waals surface area contributed by atoms with Gasteiger partial charge in [-0.25, -0.2) is 9.97 Å². The van der Waals surface area contributed by atoms with E-state index in [0.29, 0.717) is 11.6 Å². The number of aryl methyl sites for hydroxylation is 1. The fraction of sp³-hybridized carbons (Fsp3) is 0.381. The third-order valence-corrected chi connectivity index (χ3v) is 5.98. The molecule has 0 N–H and O–H groups in total. The summed E-state index contributed by atoms with van der Waals surface area (Å²) in [7, 11) is 0. The number of thiazole rings is 1. The standard InChI is InChI=1S/C21H24N4OS/c1-2-24-12-10-22-20(24)17-9-6-11-25(14-17)21(26)18-15-27-19(23-18)13-16-7-4-3-5-8-16/h3-5,7-8,10,12,15,17H,2,6,9,11,13-14H2,1H3. The Labute approximate surface area is 163 Å². The molecule has 27 heavy (non-hydrogen) atoms. The van der Waals surface area contributed by atoms with Crippen LogP contribution >= 0.6 is 11.3 Å².